The third-order valence-corrected chi connectivity index (χ3v) is 13.3. The Kier molecular flexibility index (Phi) is 6.47. The van der Waals surface area contributed by atoms with E-state index in [4.69, 9.17) is 0 Å². The highest BCUT2D eigenvalue weighted by molar-refractivity contribution is 6.93. The third-order valence-electron chi connectivity index (χ3n) is 13.3. The number of anilines is 5. The van der Waals surface area contributed by atoms with E-state index in [9.17, 15) is 0 Å². The highest BCUT2D eigenvalue weighted by Crippen LogP contribution is 2.58. The molecule has 0 saturated carbocycles. The molecule has 7 aromatic rings. The molecule has 0 N–H and O–H groups in total. The normalized spacial score (nSPS) is 16.1. The number of fused-ring (bicyclic) bond motifs is 9. The summed E-state index contributed by atoms with van der Waals surface area (Å²) in [6.45, 7) is 16.7. The van der Waals surface area contributed by atoms with Crippen LogP contribution in [0, 0.1) is 0 Å². The largest absolute Gasteiger partial charge is 0.376 e. The van der Waals surface area contributed by atoms with E-state index in [0.29, 0.717) is 0 Å². The van der Waals surface area contributed by atoms with E-state index in [1.807, 2.05) is 0 Å². The smallest absolute Gasteiger partial charge is 0.333 e. The molecule has 0 radical (unpaired) electrons. The van der Waals surface area contributed by atoms with Crippen molar-refractivity contribution in [2.75, 3.05) is 9.71 Å². The van der Waals surface area contributed by atoms with Gasteiger partial charge in [-0.3, -0.25) is 0 Å². The molecule has 0 fully saturated rings. The lowest BCUT2D eigenvalue weighted by Gasteiger charge is -2.51. The SMILES string of the molecule is CC(C)(C)c1cc2c3c(c1)N1c4ccccc4C(C)(C)c4cccc(c41)B3N(c1cccc3c1C(C)(C)c1ccccc1-3)c1cc(-c3ccccc3)ccc1-2. The Balaban J connectivity index is 1.30. The van der Waals surface area contributed by atoms with E-state index in [1.165, 1.54) is 101 Å². The first-order valence-corrected chi connectivity index (χ1v) is 19.9. The van der Waals surface area contributed by atoms with Gasteiger partial charge in [-0.05, 0) is 96.2 Å². The first-order valence-electron chi connectivity index (χ1n) is 19.9. The van der Waals surface area contributed by atoms with Crippen molar-refractivity contribution in [2.45, 2.75) is 64.7 Å². The van der Waals surface area contributed by atoms with Gasteiger partial charge in [-0.1, -0.05) is 170 Å². The van der Waals surface area contributed by atoms with Crippen LogP contribution in [0.4, 0.5) is 28.4 Å². The average molecular weight is 709 g/mol. The zero-order valence-electron chi connectivity index (χ0n) is 32.8. The first-order chi connectivity index (χ1) is 26.5. The Bertz CT molecular complexity index is 2770. The number of hydrogen-bond acceptors (Lipinski definition) is 2. The van der Waals surface area contributed by atoms with Crippen LogP contribution in [0.2, 0.25) is 0 Å². The average Bonchev–Trinajstić information content (AvgIpc) is 3.43. The molecular weight excluding hydrogens is 663 g/mol. The van der Waals surface area contributed by atoms with Gasteiger partial charge in [0.05, 0.1) is 5.69 Å². The molecule has 11 rings (SSSR count). The lowest BCUT2D eigenvalue weighted by molar-refractivity contribution is 0.590. The minimum atomic E-state index is -0.184. The lowest BCUT2D eigenvalue weighted by atomic mass is 9.42. The van der Waals surface area contributed by atoms with E-state index >= 15 is 0 Å². The van der Waals surface area contributed by atoms with Crippen LogP contribution in [0.15, 0.2) is 146 Å². The Morgan fingerprint density at radius 2 is 1.15 bits per heavy atom. The lowest BCUT2D eigenvalue weighted by Crippen LogP contribution is -2.63. The summed E-state index contributed by atoms with van der Waals surface area (Å²) in [5, 5.41) is 0. The van der Waals surface area contributed by atoms with Crippen LogP contribution < -0.4 is 20.6 Å². The molecule has 1 aliphatic carbocycles. The van der Waals surface area contributed by atoms with E-state index < -0.39 is 0 Å². The fraction of sp³-hybridized carbons (Fsp3) is 0.192. The predicted octanol–water partition coefficient (Wildman–Crippen LogP) is 12.3. The van der Waals surface area contributed by atoms with Gasteiger partial charge in [0.2, 0.25) is 0 Å². The van der Waals surface area contributed by atoms with Crippen LogP contribution >= 0.6 is 0 Å². The van der Waals surface area contributed by atoms with Crippen molar-refractivity contribution in [3.8, 4) is 33.4 Å². The fourth-order valence-corrected chi connectivity index (χ4v) is 10.6. The van der Waals surface area contributed by atoms with Gasteiger partial charge in [-0.15, -0.1) is 0 Å². The maximum Gasteiger partial charge on any atom is 0.333 e. The van der Waals surface area contributed by atoms with E-state index in [1.54, 1.807) is 0 Å². The van der Waals surface area contributed by atoms with Gasteiger partial charge in [0.15, 0.2) is 0 Å². The molecule has 0 atom stereocenters. The Labute approximate surface area is 326 Å². The summed E-state index contributed by atoms with van der Waals surface area (Å²) in [5.74, 6) is 0. The quantitative estimate of drug-likeness (QED) is 0.165. The van der Waals surface area contributed by atoms with Gasteiger partial charge in [0.1, 0.15) is 0 Å². The molecule has 0 aromatic heterocycles. The molecule has 3 heterocycles. The van der Waals surface area contributed by atoms with Crippen LogP contribution in [0.25, 0.3) is 33.4 Å². The minimum Gasteiger partial charge on any atom is -0.376 e. The summed E-state index contributed by atoms with van der Waals surface area (Å²) in [4.78, 5) is 5.38. The molecule has 3 aliphatic heterocycles. The van der Waals surface area contributed by atoms with Crippen molar-refractivity contribution in [1.29, 1.82) is 0 Å². The summed E-state index contributed by atoms with van der Waals surface area (Å²) in [5.41, 5.74) is 23.5. The molecule has 0 amide bonds. The van der Waals surface area contributed by atoms with Crippen molar-refractivity contribution >= 4 is 46.2 Å². The zero-order chi connectivity index (χ0) is 37.6. The van der Waals surface area contributed by atoms with E-state index in [-0.39, 0.29) is 23.1 Å². The Morgan fingerprint density at radius 3 is 1.95 bits per heavy atom. The Morgan fingerprint density at radius 1 is 0.473 bits per heavy atom. The summed E-state index contributed by atoms with van der Waals surface area (Å²) in [6.07, 6.45) is 0. The van der Waals surface area contributed by atoms with E-state index in [2.05, 4.69) is 204 Å². The molecule has 7 aromatic carbocycles. The highest BCUT2D eigenvalue weighted by atomic mass is 15.2. The molecule has 4 aliphatic rings. The Hall–Kier alpha value is -5.80. The van der Waals surface area contributed by atoms with Gasteiger partial charge in [0.25, 0.3) is 0 Å². The maximum absolute atomic E-state index is 2.75. The zero-order valence-corrected chi connectivity index (χ0v) is 32.8. The summed E-state index contributed by atoms with van der Waals surface area (Å²) in [6, 6.07) is 55.5. The second kappa shape index (κ2) is 10.9. The molecule has 3 heteroatoms. The standard InChI is InChI=1S/C52H45BN2/c1-50(2,3)34-30-38-36-28-27-33(32-17-9-8-10-18-32)29-45(36)55(44-26-15-20-37-35-19-11-12-21-39(35)52(6,7)47(37)44)53-42-24-16-23-41-49(42)54(46(31-34)48(38)53)43-25-14-13-22-40(43)51(41,4)5/h8-31H,1-7H3. The molecule has 55 heavy (non-hydrogen) atoms. The number of rotatable bonds is 2. The van der Waals surface area contributed by atoms with Gasteiger partial charge >= 0.3 is 6.85 Å². The van der Waals surface area contributed by atoms with Crippen LogP contribution in [0.5, 0.6) is 0 Å². The fourth-order valence-electron chi connectivity index (χ4n) is 10.6. The van der Waals surface area contributed by atoms with Crippen molar-refractivity contribution in [3.05, 3.63) is 173 Å². The first kappa shape index (κ1) is 32.6. The number of nitrogens with zero attached hydrogens (tertiary/aromatic N) is 2. The van der Waals surface area contributed by atoms with Gasteiger partial charge in [-0.2, -0.15) is 0 Å². The van der Waals surface area contributed by atoms with Crippen LogP contribution in [0.1, 0.15) is 76.3 Å². The third kappa shape index (κ3) is 4.27. The van der Waals surface area contributed by atoms with Gasteiger partial charge < -0.3 is 9.71 Å². The monoisotopic (exact) mass is 708 g/mol. The van der Waals surface area contributed by atoms with Crippen LogP contribution in [-0.4, -0.2) is 6.85 Å². The summed E-state index contributed by atoms with van der Waals surface area (Å²) >= 11 is 0. The highest BCUT2D eigenvalue weighted by Gasteiger charge is 2.51. The summed E-state index contributed by atoms with van der Waals surface area (Å²) < 4.78 is 0. The second-order valence-electron chi connectivity index (χ2n) is 18.2. The van der Waals surface area contributed by atoms with Crippen molar-refractivity contribution < 1.29 is 0 Å². The number of para-hydroxylation sites is 2. The maximum atomic E-state index is 2.75. The van der Waals surface area contributed by atoms with Crippen molar-refractivity contribution in [2.24, 2.45) is 0 Å². The number of benzene rings is 7. The van der Waals surface area contributed by atoms with Gasteiger partial charge in [0, 0.05) is 39.1 Å². The molecule has 0 spiro atoms. The second-order valence-corrected chi connectivity index (χ2v) is 18.2. The molecule has 0 saturated heterocycles. The van der Waals surface area contributed by atoms with Gasteiger partial charge in [-0.25, -0.2) is 0 Å². The minimum absolute atomic E-state index is 0.0455. The molecule has 0 bridgehead atoms. The molecular formula is C52H45BN2. The topological polar surface area (TPSA) is 6.48 Å². The number of hydrogen-bond donors (Lipinski definition) is 0. The molecule has 0 unspecified atom stereocenters. The van der Waals surface area contributed by atoms with Crippen molar-refractivity contribution in [1.82, 2.24) is 0 Å². The van der Waals surface area contributed by atoms with Crippen molar-refractivity contribution in [3.63, 3.8) is 0 Å². The van der Waals surface area contributed by atoms with Crippen LogP contribution in [-0.2, 0) is 16.2 Å². The summed E-state index contributed by atoms with van der Waals surface area (Å²) in [7, 11) is 0. The molecule has 2 nitrogen and oxygen atoms in total. The molecule has 266 valence electrons. The van der Waals surface area contributed by atoms with E-state index in [0.717, 1.165) is 0 Å². The van der Waals surface area contributed by atoms with Crippen LogP contribution in [0.3, 0.4) is 0 Å². The predicted molar refractivity (Wildman–Crippen MR) is 234 cm³/mol.